The van der Waals surface area contributed by atoms with E-state index in [1.54, 1.807) is 18.3 Å². The van der Waals surface area contributed by atoms with Gasteiger partial charge in [-0.2, -0.15) is 15.0 Å². The van der Waals surface area contributed by atoms with Crippen molar-refractivity contribution in [3.8, 4) is 29.0 Å². The lowest BCUT2D eigenvalue weighted by Crippen LogP contribution is -2.21. The van der Waals surface area contributed by atoms with E-state index in [-0.39, 0.29) is 18.1 Å². The predicted molar refractivity (Wildman–Crippen MR) is 166 cm³/mol. The fourth-order valence-electron chi connectivity index (χ4n) is 4.83. The van der Waals surface area contributed by atoms with Crippen molar-refractivity contribution in [3.63, 3.8) is 0 Å². The Labute approximate surface area is 245 Å². The summed E-state index contributed by atoms with van der Waals surface area (Å²) in [5, 5.41) is 14.6. The number of nitrogens with zero attached hydrogens (tertiary/aromatic N) is 4. The van der Waals surface area contributed by atoms with Crippen LogP contribution in [0.4, 0.5) is 0 Å². The van der Waals surface area contributed by atoms with Gasteiger partial charge in [0.15, 0.2) is 5.82 Å². The summed E-state index contributed by atoms with van der Waals surface area (Å²) in [6.45, 7) is 8.96. The second kappa shape index (κ2) is 12.5. The third-order valence-corrected chi connectivity index (χ3v) is 7.03. The maximum absolute atomic E-state index is 13.8. The van der Waals surface area contributed by atoms with Crippen molar-refractivity contribution in [1.29, 1.82) is 5.26 Å². The molecule has 4 aromatic carbocycles. The van der Waals surface area contributed by atoms with Crippen LogP contribution in [0.5, 0.6) is 11.5 Å². The number of para-hydroxylation sites is 2. The van der Waals surface area contributed by atoms with E-state index in [0.717, 1.165) is 28.0 Å². The highest BCUT2D eigenvalue weighted by Gasteiger charge is 2.18. The number of rotatable bonds is 9. The fourth-order valence-corrected chi connectivity index (χ4v) is 4.83. The lowest BCUT2D eigenvalue weighted by Gasteiger charge is -2.18. The molecule has 0 aliphatic heterocycles. The average molecular weight is 557 g/mol. The molecule has 210 valence electrons. The number of ether oxygens (including phenoxy) is 2. The molecule has 0 bridgehead atoms. The van der Waals surface area contributed by atoms with Gasteiger partial charge in [0.05, 0.1) is 35.4 Å². The first-order valence-corrected chi connectivity index (χ1v) is 13.9. The van der Waals surface area contributed by atoms with Gasteiger partial charge < -0.3 is 9.47 Å². The number of aromatic nitrogens is 2. The van der Waals surface area contributed by atoms with Crippen LogP contribution in [0.1, 0.15) is 54.5 Å². The Morgan fingerprint density at radius 2 is 1.71 bits per heavy atom. The number of nitriles is 1. The van der Waals surface area contributed by atoms with E-state index in [0.29, 0.717) is 40.2 Å². The summed E-state index contributed by atoms with van der Waals surface area (Å²) < 4.78 is 13.4. The van der Waals surface area contributed by atoms with Gasteiger partial charge in [0.1, 0.15) is 18.1 Å². The van der Waals surface area contributed by atoms with E-state index in [4.69, 9.17) is 14.5 Å². The second-order valence-corrected chi connectivity index (χ2v) is 10.2. The van der Waals surface area contributed by atoms with Crippen LogP contribution in [0.25, 0.3) is 22.3 Å². The topological polar surface area (TPSA) is 89.5 Å². The van der Waals surface area contributed by atoms with Crippen molar-refractivity contribution in [2.75, 3.05) is 6.61 Å². The largest absolute Gasteiger partial charge is 0.494 e. The summed E-state index contributed by atoms with van der Waals surface area (Å²) in [5.41, 5.74) is 5.13. The Kier molecular flexibility index (Phi) is 8.44. The monoisotopic (exact) mass is 556 g/mol. The van der Waals surface area contributed by atoms with E-state index in [1.165, 1.54) is 4.68 Å². The molecule has 7 nitrogen and oxygen atoms in total. The van der Waals surface area contributed by atoms with Gasteiger partial charge in [0.2, 0.25) is 0 Å². The number of fused-ring (bicyclic) bond motifs is 1. The fraction of sp³-hybridized carbons (Fsp3) is 0.200. The molecule has 0 saturated carbocycles. The molecule has 7 heteroatoms. The predicted octanol–water partition coefficient (Wildman–Crippen LogP) is 7.23. The first-order chi connectivity index (χ1) is 20.4. The van der Waals surface area contributed by atoms with Gasteiger partial charge in [0.25, 0.3) is 5.56 Å². The Bertz CT molecular complexity index is 1880. The Morgan fingerprint density at radius 1 is 0.976 bits per heavy atom. The molecule has 0 N–H and O–H groups in total. The third kappa shape index (κ3) is 5.79. The number of aryl methyl sites for hydroxylation is 1. The zero-order chi connectivity index (χ0) is 29.6. The van der Waals surface area contributed by atoms with Crippen LogP contribution in [0.3, 0.4) is 0 Å². The van der Waals surface area contributed by atoms with Gasteiger partial charge in [-0.15, -0.1) is 0 Å². The zero-order valence-corrected chi connectivity index (χ0v) is 24.2. The standard InChI is InChI=1S/C35H32N4O3/c1-5-41-33-18-24(4)30(19-29(33)23(2)3)34-38-31-16-10-9-15-28(31)35(40)39(34)37-21-26-13-8-11-17-32(26)42-22-27-14-7-6-12-25(27)20-36/h6-19,21,23H,5,22H2,1-4H3. The van der Waals surface area contributed by atoms with Crippen molar-refractivity contribution in [1.82, 2.24) is 9.66 Å². The van der Waals surface area contributed by atoms with Crippen molar-refractivity contribution in [2.24, 2.45) is 5.10 Å². The number of hydrogen-bond acceptors (Lipinski definition) is 6. The van der Waals surface area contributed by atoms with Gasteiger partial charge in [-0.3, -0.25) is 4.79 Å². The van der Waals surface area contributed by atoms with E-state index in [2.05, 4.69) is 31.1 Å². The zero-order valence-electron chi connectivity index (χ0n) is 24.2. The van der Waals surface area contributed by atoms with Crippen molar-refractivity contribution >= 4 is 17.1 Å². The van der Waals surface area contributed by atoms with E-state index >= 15 is 0 Å². The maximum atomic E-state index is 13.8. The summed E-state index contributed by atoms with van der Waals surface area (Å²) in [4.78, 5) is 18.8. The van der Waals surface area contributed by atoms with Gasteiger partial charge >= 0.3 is 0 Å². The minimum atomic E-state index is -0.271. The molecule has 0 unspecified atom stereocenters. The van der Waals surface area contributed by atoms with Crippen LogP contribution in [0.15, 0.2) is 94.8 Å². The molecule has 5 rings (SSSR count). The van der Waals surface area contributed by atoms with E-state index in [9.17, 15) is 10.1 Å². The second-order valence-electron chi connectivity index (χ2n) is 10.2. The quantitative estimate of drug-likeness (QED) is 0.179. The first kappa shape index (κ1) is 28.3. The lowest BCUT2D eigenvalue weighted by molar-refractivity contribution is 0.305. The molecule has 1 heterocycles. The molecule has 0 aliphatic carbocycles. The highest BCUT2D eigenvalue weighted by Crippen LogP contribution is 2.34. The van der Waals surface area contributed by atoms with Crippen LogP contribution in [0.2, 0.25) is 0 Å². The normalized spacial score (nSPS) is 11.2. The van der Waals surface area contributed by atoms with Crippen LogP contribution >= 0.6 is 0 Å². The summed E-state index contributed by atoms with van der Waals surface area (Å²) in [7, 11) is 0. The number of benzene rings is 4. The summed E-state index contributed by atoms with van der Waals surface area (Å²) in [6.07, 6.45) is 1.61. The van der Waals surface area contributed by atoms with Gasteiger partial charge in [-0.25, -0.2) is 4.98 Å². The molecule has 1 aromatic heterocycles. The SMILES string of the molecule is CCOc1cc(C)c(-c2nc3ccccc3c(=O)n2N=Cc2ccccc2OCc2ccccc2C#N)cc1C(C)C. The molecule has 0 radical (unpaired) electrons. The first-order valence-electron chi connectivity index (χ1n) is 13.9. The smallest absolute Gasteiger partial charge is 0.282 e. The van der Waals surface area contributed by atoms with Crippen LogP contribution in [-0.4, -0.2) is 22.5 Å². The van der Waals surface area contributed by atoms with E-state index in [1.807, 2.05) is 80.6 Å². The Hall–Kier alpha value is -5.22. The Balaban J connectivity index is 1.61. The molecule has 0 aliphatic rings. The van der Waals surface area contributed by atoms with Gasteiger partial charge in [-0.05, 0) is 73.4 Å². The number of hydrogen-bond donors (Lipinski definition) is 0. The molecule has 0 atom stereocenters. The summed E-state index contributed by atoms with van der Waals surface area (Å²) >= 11 is 0. The summed E-state index contributed by atoms with van der Waals surface area (Å²) in [6, 6.07) is 28.3. The van der Waals surface area contributed by atoms with Crippen molar-refractivity contribution in [2.45, 2.75) is 40.2 Å². The lowest BCUT2D eigenvalue weighted by atomic mass is 9.96. The molecule has 0 fully saturated rings. The third-order valence-electron chi connectivity index (χ3n) is 7.03. The summed E-state index contributed by atoms with van der Waals surface area (Å²) in [5.74, 6) is 2.05. The molecule has 0 amide bonds. The van der Waals surface area contributed by atoms with Crippen molar-refractivity contribution < 1.29 is 9.47 Å². The highest BCUT2D eigenvalue weighted by atomic mass is 16.5. The molecule has 0 saturated heterocycles. The Morgan fingerprint density at radius 3 is 2.50 bits per heavy atom. The van der Waals surface area contributed by atoms with Crippen LogP contribution < -0.4 is 15.0 Å². The molecule has 5 aromatic rings. The highest BCUT2D eigenvalue weighted by molar-refractivity contribution is 5.84. The van der Waals surface area contributed by atoms with Crippen LogP contribution in [-0.2, 0) is 6.61 Å². The molecular weight excluding hydrogens is 524 g/mol. The van der Waals surface area contributed by atoms with E-state index < -0.39 is 0 Å². The van der Waals surface area contributed by atoms with Crippen LogP contribution in [0, 0.1) is 18.3 Å². The van der Waals surface area contributed by atoms with Crippen molar-refractivity contribution in [3.05, 3.63) is 123 Å². The van der Waals surface area contributed by atoms with Gasteiger partial charge in [0, 0.05) is 16.7 Å². The van der Waals surface area contributed by atoms with Gasteiger partial charge in [-0.1, -0.05) is 56.3 Å². The average Bonchev–Trinajstić information content (AvgIpc) is 3.00. The molecular formula is C35H32N4O3. The minimum Gasteiger partial charge on any atom is -0.494 e. The maximum Gasteiger partial charge on any atom is 0.282 e. The molecule has 0 spiro atoms. The minimum absolute atomic E-state index is 0.199. The molecule has 42 heavy (non-hydrogen) atoms.